The SMILES string of the molecule is Cc1cn(O)c2ccc(O)cc12. The lowest BCUT2D eigenvalue weighted by Gasteiger charge is -1.94. The number of hydrogen-bond donors (Lipinski definition) is 2. The summed E-state index contributed by atoms with van der Waals surface area (Å²) in [7, 11) is 0. The van der Waals surface area contributed by atoms with Gasteiger partial charge in [0.25, 0.3) is 0 Å². The summed E-state index contributed by atoms with van der Waals surface area (Å²) in [6.45, 7) is 1.88. The summed E-state index contributed by atoms with van der Waals surface area (Å²) in [5.41, 5.74) is 1.66. The predicted molar refractivity (Wildman–Crippen MR) is 45.5 cm³/mol. The topological polar surface area (TPSA) is 45.4 Å². The Labute approximate surface area is 69.4 Å². The number of fused-ring (bicyclic) bond motifs is 1. The number of benzene rings is 1. The molecule has 0 atom stereocenters. The summed E-state index contributed by atoms with van der Waals surface area (Å²) in [5.74, 6) is 0.219. The van der Waals surface area contributed by atoms with E-state index in [4.69, 9.17) is 0 Å². The molecule has 1 aromatic carbocycles. The smallest absolute Gasteiger partial charge is 0.116 e. The van der Waals surface area contributed by atoms with Gasteiger partial charge in [0, 0.05) is 11.6 Å². The molecule has 0 aliphatic carbocycles. The van der Waals surface area contributed by atoms with Gasteiger partial charge in [0.15, 0.2) is 0 Å². The Balaban J connectivity index is 2.90. The van der Waals surface area contributed by atoms with Crippen molar-refractivity contribution >= 4 is 10.9 Å². The minimum atomic E-state index is 0.219. The first-order chi connectivity index (χ1) is 5.68. The van der Waals surface area contributed by atoms with Crippen molar-refractivity contribution < 1.29 is 10.3 Å². The van der Waals surface area contributed by atoms with Crippen molar-refractivity contribution in [3.63, 3.8) is 0 Å². The van der Waals surface area contributed by atoms with E-state index in [9.17, 15) is 10.3 Å². The maximum absolute atomic E-state index is 9.32. The lowest BCUT2D eigenvalue weighted by Crippen LogP contribution is -1.84. The predicted octanol–water partition coefficient (Wildman–Crippen LogP) is 1.89. The minimum Gasteiger partial charge on any atom is -0.508 e. The first-order valence-corrected chi connectivity index (χ1v) is 3.68. The monoisotopic (exact) mass is 163 g/mol. The van der Waals surface area contributed by atoms with E-state index in [0.29, 0.717) is 5.52 Å². The molecule has 2 N–H and O–H groups in total. The van der Waals surface area contributed by atoms with E-state index >= 15 is 0 Å². The van der Waals surface area contributed by atoms with E-state index in [2.05, 4.69) is 0 Å². The molecule has 0 spiro atoms. The van der Waals surface area contributed by atoms with Gasteiger partial charge in [-0.05, 0) is 30.7 Å². The molecule has 0 bridgehead atoms. The van der Waals surface area contributed by atoms with Gasteiger partial charge in [-0.15, -0.1) is 0 Å². The van der Waals surface area contributed by atoms with Crippen LogP contribution in [0, 0.1) is 6.92 Å². The van der Waals surface area contributed by atoms with Gasteiger partial charge in [-0.1, -0.05) is 0 Å². The molecule has 0 aliphatic rings. The van der Waals surface area contributed by atoms with Gasteiger partial charge < -0.3 is 10.3 Å². The van der Waals surface area contributed by atoms with Crippen molar-refractivity contribution in [1.82, 2.24) is 4.73 Å². The van der Waals surface area contributed by atoms with E-state index in [1.807, 2.05) is 6.92 Å². The van der Waals surface area contributed by atoms with Gasteiger partial charge in [0.1, 0.15) is 5.75 Å². The number of aryl methyl sites for hydroxylation is 1. The summed E-state index contributed by atoms with van der Waals surface area (Å²) in [6.07, 6.45) is 1.62. The average Bonchev–Trinajstić information content (AvgIpc) is 2.28. The fraction of sp³-hybridized carbons (Fsp3) is 0.111. The largest absolute Gasteiger partial charge is 0.508 e. The first-order valence-electron chi connectivity index (χ1n) is 3.68. The third-order valence-corrected chi connectivity index (χ3v) is 1.97. The van der Waals surface area contributed by atoms with Gasteiger partial charge >= 0.3 is 0 Å². The Morgan fingerprint density at radius 2 is 2.08 bits per heavy atom. The van der Waals surface area contributed by atoms with Crippen molar-refractivity contribution in [1.29, 1.82) is 0 Å². The molecule has 0 saturated heterocycles. The maximum atomic E-state index is 9.32. The third kappa shape index (κ3) is 0.830. The van der Waals surface area contributed by atoms with Crippen LogP contribution in [0.3, 0.4) is 0 Å². The number of hydrogen-bond acceptors (Lipinski definition) is 2. The van der Waals surface area contributed by atoms with Crippen LogP contribution in [0.25, 0.3) is 10.9 Å². The molecule has 1 heterocycles. The average molecular weight is 163 g/mol. The number of nitrogens with zero attached hydrogens (tertiary/aromatic N) is 1. The van der Waals surface area contributed by atoms with Crippen molar-refractivity contribution in [2.24, 2.45) is 0 Å². The van der Waals surface area contributed by atoms with E-state index in [1.54, 1.807) is 24.4 Å². The van der Waals surface area contributed by atoms with Gasteiger partial charge in [-0.2, -0.15) is 4.73 Å². The molecule has 62 valence electrons. The molecule has 12 heavy (non-hydrogen) atoms. The van der Waals surface area contributed by atoms with Crippen molar-refractivity contribution in [2.75, 3.05) is 0 Å². The number of phenols is 1. The Morgan fingerprint density at radius 3 is 2.83 bits per heavy atom. The van der Waals surface area contributed by atoms with Crippen LogP contribution < -0.4 is 0 Å². The lowest BCUT2D eigenvalue weighted by molar-refractivity contribution is 0.200. The van der Waals surface area contributed by atoms with E-state index < -0.39 is 0 Å². The highest BCUT2D eigenvalue weighted by atomic mass is 16.5. The quantitative estimate of drug-likeness (QED) is 0.582. The molecule has 0 aliphatic heterocycles. The molecule has 3 nitrogen and oxygen atoms in total. The molecule has 2 rings (SSSR count). The van der Waals surface area contributed by atoms with E-state index in [-0.39, 0.29) is 5.75 Å². The molecule has 0 amide bonds. The van der Waals surface area contributed by atoms with Crippen LogP contribution in [0.15, 0.2) is 24.4 Å². The van der Waals surface area contributed by atoms with Crippen LogP contribution in [0.5, 0.6) is 5.75 Å². The summed E-state index contributed by atoms with van der Waals surface area (Å²) in [5, 5.41) is 19.4. The standard InChI is InChI=1S/C9H9NO2/c1-6-5-10(12)9-3-2-7(11)4-8(6)9/h2-5,11-12H,1H3. The molecule has 0 radical (unpaired) electrons. The van der Waals surface area contributed by atoms with Crippen molar-refractivity contribution in [3.8, 4) is 5.75 Å². The summed E-state index contributed by atoms with van der Waals surface area (Å²) < 4.78 is 1.06. The number of phenolic OH excluding ortho intramolecular Hbond substituents is 1. The number of aromatic nitrogens is 1. The minimum absolute atomic E-state index is 0.219. The second kappa shape index (κ2) is 2.17. The zero-order chi connectivity index (χ0) is 8.72. The van der Waals surface area contributed by atoms with Crippen LogP contribution in [-0.2, 0) is 0 Å². The van der Waals surface area contributed by atoms with Gasteiger partial charge in [0.2, 0.25) is 0 Å². The van der Waals surface area contributed by atoms with E-state index in [0.717, 1.165) is 15.7 Å². The molecular formula is C9H9NO2. The van der Waals surface area contributed by atoms with Crippen LogP contribution in [0.4, 0.5) is 0 Å². The Hall–Kier alpha value is -1.64. The van der Waals surface area contributed by atoms with Gasteiger partial charge in [-0.25, -0.2) is 0 Å². The third-order valence-electron chi connectivity index (χ3n) is 1.97. The highest BCUT2D eigenvalue weighted by molar-refractivity contribution is 5.84. The fourth-order valence-electron chi connectivity index (χ4n) is 1.36. The number of rotatable bonds is 0. The van der Waals surface area contributed by atoms with Crippen LogP contribution in [-0.4, -0.2) is 15.0 Å². The Bertz CT molecular complexity index is 431. The van der Waals surface area contributed by atoms with Crippen molar-refractivity contribution in [3.05, 3.63) is 30.0 Å². The first kappa shape index (κ1) is 7.03. The Morgan fingerprint density at radius 1 is 1.33 bits per heavy atom. The highest BCUT2D eigenvalue weighted by Gasteiger charge is 2.03. The zero-order valence-corrected chi connectivity index (χ0v) is 6.65. The second-order valence-electron chi connectivity index (χ2n) is 2.86. The lowest BCUT2D eigenvalue weighted by atomic mass is 10.2. The maximum Gasteiger partial charge on any atom is 0.116 e. The molecule has 1 aromatic heterocycles. The summed E-state index contributed by atoms with van der Waals surface area (Å²) in [4.78, 5) is 0. The summed E-state index contributed by atoms with van der Waals surface area (Å²) in [6, 6.07) is 4.86. The molecule has 0 unspecified atom stereocenters. The molecular weight excluding hydrogens is 154 g/mol. The highest BCUT2D eigenvalue weighted by Crippen LogP contribution is 2.23. The van der Waals surface area contributed by atoms with Crippen LogP contribution in [0.2, 0.25) is 0 Å². The van der Waals surface area contributed by atoms with Crippen molar-refractivity contribution in [2.45, 2.75) is 6.92 Å². The second-order valence-corrected chi connectivity index (χ2v) is 2.86. The van der Waals surface area contributed by atoms with Crippen LogP contribution in [0.1, 0.15) is 5.56 Å². The summed E-state index contributed by atoms with van der Waals surface area (Å²) >= 11 is 0. The van der Waals surface area contributed by atoms with Crippen LogP contribution >= 0.6 is 0 Å². The molecule has 2 aromatic rings. The van der Waals surface area contributed by atoms with Gasteiger partial charge in [0.05, 0.1) is 5.52 Å². The van der Waals surface area contributed by atoms with E-state index in [1.165, 1.54) is 0 Å². The molecule has 0 fully saturated rings. The van der Waals surface area contributed by atoms with Gasteiger partial charge in [-0.3, -0.25) is 0 Å². The Kier molecular flexibility index (Phi) is 1.27. The normalized spacial score (nSPS) is 10.8. The number of aromatic hydroxyl groups is 1. The zero-order valence-electron chi connectivity index (χ0n) is 6.65. The molecule has 3 heteroatoms. The molecule has 0 saturated carbocycles. The fourth-order valence-corrected chi connectivity index (χ4v) is 1.36.